The number of likely N-dealkylation sites (tertiary alicyclic amines) is 1. The Kier molecular flexibility index (Phi) is 5.22. The Morgan fingerprint density at radius 1 is 1.45 bits per heavy atom. The first kappa shape index (κ1) is 15.5. The number of nitrogens with zero attached hydrogens (tertiary/aromatic N) is 1. The highest BCUT2D eigenvalue weighted by Gasteiger charge is 2.41. The Bertz CT molecular complexity index is 422. The van der Waals surface area contributed by atoms with Crippen LogP contribution in [0.4, 0.5) is 0 Å². The lowest BCUT2D eigenvalue weighted by atomic mass is 9.74. The number of hydrogen-bond donors (Lipinski definition) is 1. The van der Waals surface area contributed by atoms with E-state index in [1.165, 1.54) is 4.88 Å². The summed E-state index contributed by atoms with van der Waals surface area (Å²) in [6.07, 6.45) is 4.44. The van der Waals surface area contributed by atoms with Crippen LogP contribution in [0.2, 0.25) is 0 Å². The molecule has 0 bridgehead atoms. The number of rotatable bonds is 6. The lowest BCUT2D eigenvalue weighted by Crippen LogP contribution is -2.45. The zero-order valence-corrected chi connectivity index (χ0v) is 13.3. The smallest absolute Gasteiger partial charge is 0.309 e. The molecule has 0 aliphatic carbocycles. The molecule has 1 aliphatic heterocycles. The maximum absolute atomic E-state index is 11.6. The van der Waals surface area contributed by atoms with Gasteiger partial charge in [0.1, 0.15) is 0 Å². The van der Waals surface area contributed by atoms with Crippen LogP contribution < -0.4 is 0 Å². The van der Waals surface area contributed by atoms with E-state index < -0.39 is 11.4 Å². The molecule has 2 rings (SSSR count). The lowest BCUT2D eigenvalue weighted by molar-refractivity contribution is -0.153. The molecule has 0 amide bonds. The monoisotopic (exact) mass is 295 g/mol. The molecule has 20 heavy (non-hydrogen) atoms. The fourth-order valence-corrected chi connectivity index (χ4v) is 4.38. The fourth-order valence-electron chi connectivity index (χ4n) is 3.43. The normalized spacial score (nSPS) is 20.7. The Morgan fingerprint density at radius 3 is 2.60 bits per heavy atom. The van der Waals surface area contributed by atoms with Crippen molar-refractivity contribution >= 4 is 17.3 Å². The Labute approximate surface area is 125 Å². The third kappa shape index (κ3) is 3.07. The molecule has 1 aromatic rings. The molecule has 1 aromatic heterocycles. The molecule has 0 aromatic carbocycles. The highest BCUT2D eigenvalue weighted by atomic mass is 32.1. The quantitative estimate of drug-likeness (QED) is 0.856. The van der Waals surface area contributed by atoms with Gasteiger partial charge in [0, 0.05) is 10.9 Å². The molecule has 0 saturated carbocycles. The predicted molar refractivity (Wildman–Crippen MR) is 83.1 cm³/mol. The summed E-state index contributed by atoms with van der Waals surface area (Å²) in [5, 5.41) is 11.7. The standard InChI is InChI=1S/C16H25NO2S/c1-3-7-16(15(18)19)8-10-17(11-9-16)13(4-2)14-6-5-12-20-14/h5-6,12-13H,3-4,7-11H2,1-2H3,(H,18,19). The number of piperidine rings is 1. The average molecular weight is 295 g/mol. The van der Waals surface area contributed by atoms with Gasteiger partial charge >= 0.3 is 5.97 Å². The van der Waals surface area contributed by atoms with Gasteiger partial charge in [-0.2, -0.15) is 0 Å². The van der Waals surface area contributed by atoms with Crippen molar-refractivity contribution in [2.24, 2.45) is 5.41 Å². The van der Waals surface area contributed by atoms with E-state index in [2.05, 4.69) is 36.3 Å². The Morgan fingerprint density at radius 2 is 2.15 bits per heavy atom. The van der Waals surface area contributed by atoms with Crippen molar-refractivity contribution in [1.29, 1.82) is 0 Å². The molecular formula is C16H25NO2S. The second-order valence-corrected chi connectivity index (χ2v) is 6.79. The molecule has 1 saturated heterocycles. The van der Waals surface area contributed by atoms with Crippen molar-refractivity contribution in [3.05, 3.63) is 22.4 Å². The summed E-state index contributed by atoms with van der Waals surface area (Å²) < 4.78 is 0. The lowest BCUT2D eigenvalue weighted by Gasteiger charge is -2.42. The molecule has 112 valence electrons. The second-order valence-electron chi connectivity index (χ2n) is 5.81. The molecule has 0 radical (unpaired) electrons. The predicted octanol–water partition coefficient (Wildman–Crippen LogP) is 4.17. The van der Waals surface area contributed by atoms with Crippen molar-refractivity contribution in [1.82, 2.24) is 4.90 Å². The largest absolute Gasteiger partial charge is 0.481 e. The molecule has 1 aliphatic rings. The topological polar surface area (TPSA) is 40.5 Å². The number of thiophene rings is 1. The molecule has 3 nitrogen and oxygen atoms in total. The van der Waals surface area contributed by atoms with Crippen molar-refractivity contribution in [2.75, 3.05) is 13.1 Å². The van der Waals surface area contributed by atoms with Crippen LogP contribution >= 0.6 is 11.3 Å². The SMILES string of the molecule is CCCC1(C(=O)O)CCN(C(CC)c2cccs2)CC1. The Hall–Kier alpha value is -0.870. The first-order valence-corrected chi connectivity index (χ1v) is 8.52. The summed E-state index contributed by atoms with van der Waals surface area (Å²) in [4.78, 5) is 15.5. The van der Waals surface area contributed by atoms with E-state index in [0.29, 0.717) is 6.04 Å². The fraction of sp³-hybridized carbons (Fsp3) is 0.688. The third-order valence-corrected chi connectivity index (χ3v) is 5.61. The van der Waals surface area contributed by atoms with E-state index in [4.69, 9.17) is 0 Å². The van der Waals surface area contributed by atoms with Crippen LogP contribution in [-0.2, 0) is 4.79 Å². The zero-order chi connectivity index (χ0) is 14.6. The van der Waals surface area contributed by atoms with E-state index in [1.807, 2.05) is 11.3 Å². The first-order chi connectivity index (χ1) is 9.63. The molecule has 1 N–H and O–H groups in total. The van der Waals surface area contributed by atoms with Gasteiger partial charge in [-0.15, -0.1) is 11.3 Å². The van der Waals surface area contributed by atoms with Crippen LogP contribution in [-0.4, -0.2) is 29.1 Å². The van der Waals surface area contributed by atoms with Crippen LogP contribution in [0.25, 0.3) is 0 Å². The van der Waals surface area contributed by atoms with Gasteiger partial charge in [0.15, 0.2) is 0 Å². The molecule has 2 heterocycles. The molecule has 1 atom stereocenters. The van der Waals surface area contributed by atoms with Gasteiger partial charge in [0.25, 0.3) is 0 Å². The van der Waals surface area contributed by atoms with Gasteiger partial charge in [0.2, 0.25) is 0 Å². The van der Waals surface area contributed by atoms with E-state index in [-0.39, 0.29) is 0 Å². The second kappa shape index (κ2) is 6.72. The van der Waals surface area contributed by atoms with E-state index in [9.17, 15) is 9.90 Å². The number of carboxylic acid groups (broad SMARTS) is 1. The van der Waals surface area contributed by atoms with Gasteiger partial charge in [-0.25, -0.2) is 0 Å². The van der Waals surface area contributed by atoms with Crippen molar-refractivity contribution in [2.45, 2.75) is 52.0 Å². The first-order valence-electron chi connectivity index (χ1n) is 7.64. The molecule has 0 spiro atoms. The molecular weight excluding hydrogens is 270 g/mol. The van der Waals surface area contributed by atoms with E-state index in [0.717, 1.165) is 45.2 Å². The zero-order valence-electron chi connectivity index (χ0n) is 12.5. The molecule has 4 heteroatoms. The van der Waals surface area contributed by atoms with Gasteiger partial charge in [-0.1, -0.05) is 26.3 Å². The third-order valence-electron chi connectivity index (χ3n) is 4.64. The maximum atomic E-state index is 11.6. The van der Waals surface area contributed by atoms with Gasteiger partial charge in [0.05, 0.1) is 5.41 Å². The maximum Gasteiger partial charge on any atom is 0.309 e. The molecule has 1 unspecified atom stereocenters. The van der Waals surface area contributed by atoms with Gasteiger partial charge in [-0.3, -0.25) is 9.69 Å². The van der Waals surface area contributed by atoms with Crippen LogP contribution in [0, 0.1) is 5.41 Å². The van der Waals surface area contributed by atoms with Crippen LogP contribution in [0.15, 0.2) is 17.5 Å². The summed E-state index contributed by atoms with van der Waals surface area (Å²) >= 11 is 1.81. The highest BCUT2D eigenvalue weighted by molar-refractivity contribution is 7.10. The van der Waals surface area contributed by atoms with Crippen molar-refractivity contribution in [3.63, 3.8) is 0 Å². The summed E-state index contributed by atoms with van der Waals surface area (Å²) in [7, 11) is 0. The minimum atomic E-state index is -0.594. The summed E-state index contributed by atoms with van der Waals surface area (Å²) in [6, 6.07) is 4.76. The average Bonchev–Trinajstić information content (AvgIpc) is 2.95. The number of hydrogen-bond acceptors (Lipinski definition) is 3. The van der Waals surface area contributed by atoms with Crippen molar-refractivity contribution in [3.8, 4) is 0 Å². The van der Waals surface area contributed by atoms with E-state index >= 15 is 0 Å². The van der Waals surface area contributed by atoms with E-state index in [1.54, 1.807) is 0 Å². The Balaban J connectivity index is 2.04. The summed E-state index contributed by atoms with van der Waals surface area (Å²) in [5.74, 6) is -0.594. The summed E-state index contributed by atoms with van der Waals surface area (Å²) in [6.45, 7) is 6.11. The number of carboxylic acids is 1. The van der Waals surface area contributed by atoms with Crippen LogP contribution in [0.5, 0.6) is 0 Å². The van der Waals surface area contributed by atoms with Crippen LogP contribution in [0.1, 0.15) is 56.9 Å². The van der Waals surface area contributed by atoms with Crippen molar-refractivity contribution < 1.29 is 9.90 Å². The minimum absolute atomic E-state index is 0.462. The molecule has 1 fully saturated rings. The number of aliphatic carboxylic acids is 1. The van der Waals surface area contributed by atoms with Crippen LogP contribution in [0.3, 0.4) is 0 Å². The van der Waals surface area contributed by atoms with Gasteiger partial charge < -0.3 is 5.11 Å². The minimum Gasteiger partial charge on any atom is -0.481 e. The number of carbonyl (C=O) groups is 1. The summed E-state index contributed by atoms with van der Waals surface area (Å²) in [5.41, 5.74) is -0.473. The van der Waals surface area contributed by atoms with Gasteiger partial charge in [-0.05, 0) is 50.2 Å². The highest BCUT2D eigenvalue weighted by Crippen LogP contribution is 2.40.